The van der Waals surface area contributed by atoms with Crippen LogP contribution in [0.25, 0.3) is 10.9 Å². The van der Waals surface area contributed by atoms with Crippen molar-refractivity contribution in [3.63, 3.8) is 0 Å². The summed E-state index contributed by atoms with van der Waals surface area (Å²) in [7, 11) is 0. The van der Waals surface area contributed by atoms with Gasteiger partial charge in [-0.15, -0.1) is 0 Å². The average Bonchev–Trinajstić information content (AvgIpc) is 2.43. The number of nitrogens with zero attached hydrogens (tertiary/aromatic N) is 1. The molecule has 1 heterocycles. The number of pyridine rings is 1. The van der Waals surface area contributed by atoms with Crippen LogP contribution in [0.4, 0.5) is 5.69 Å². The highest BCUT2D eigenvalue weighted by Gasteiger charge is 2.09. The molecule has 0 radical (unpaired) electrons. The molecule has 1 aromatic heterocycles. The molecular formula is C16H21BrN2. The van der Waals surface area contributed by atoms with Crippen LogP contribution >= 0.6 is 15.9 Å². The Morgan fingerprint density at radius 3 is 2.53 bits per heavy atom. The number of nitrogens with one attached hydrogen (secondary N) is 1. The van der Waals surface area contributed by atoms with E-state index < -0.39 is 0 Å². The first-order chi connectivity index (χ1) is 9.19. The summed E-state index contributed by atoms with van der Waals surface area (Å²) < 4.78 is 1.13. The summed E-state index contributed by atoms with van der Waals surface area (Å²) in [6.45, 7) is 7.52. The van der Waals surface area contributed by atoms with E-state index in [1.165, 1.54) is 16.6 Å². The number of hydrogen-bond acceptors (Lipinski definition) is 2. The third-order valence-electron chi connectivity index (χ3n) is 3.32. The minimum Gasteiger partial charge on any atom is -0.384 e. The fraction of sp³-hybridized carbons (Fsp3) is 0.438. The number of aromatic nitrogens is 1. The lowest BCUT2D eigenvalue weighted by molar-refractivity contribution is 0.976. The van der Waals surface area contributed by atoms with Gasteiger partial charge in [-0.25, -0.2) is 0 Å². The van der Waals surface area contributed by atoms with Crippen molar-refractivity contribution in [1.29, 1.82) is 0 Å². The summed E-state index contributed by atoms with van der Waals surface area (Å²) in [6.07, 6.45) is 3.10. The predicted molar refractivity (Wildman–Crippen MR) is 87.0 cm³/mol. The standard InChI is InChI=1S/C16H21BrN2/c1-4-7-18-15-10-13(6-3)19-16-11(5-2)8-12(17)9-14(15)16/h8-10H,4-7H2,1-3H3,(H,18,19). The van der Waals surface area contributed by atoms with Gasteiger partial charge < -0.3 is 5.32 Å². The first kappa shape index (κ1) is 14.3. The molecular weight excluding hydrogens is 300 g/mol. The van der Waals surface area contributed by atoms with Crippen molar-refractivity contribution in [2.45, 2.75) is 40.0 Å². The zero-order valence-corrected chi connectivity index (χ0v) is 13.5. The molecule has 2 rings (SSSR count). The lowest BCUT2D eigenvalue weighted by atomic mass is 10.0. The van der Waals surface area contributed by atoms with Gasteiger partial charge in [0.2, 0.25) is 0 Å². The molecule has 19 heavy (non-hydrogen) atoms. The van der Waals surface area contributed by atoms with Crippen molar-refractivity contribution in [3.05, 3.63) is 33.9 Å². The van der Waals surface area contributed by atoms with Crippen molar-refractivity contribution in [3.8, 4) is 0 Å². The number of fused-ring (bicyclic) bond motifs is 1. The summed E-state index contributed by atoms with van der Waals surface area (Å²) in [5, 5.41) is 4.75. The molecule has 0 atom stereocenters. The Labute approximate surface area is 123 Å². The Hall–Kier alpha value is -1.09. The fourth-order valence-electron chi connectivity index (χ4n) is 2.27. The van der Waals surface area contributed by atoms with Crippen molar-refractivity contribution < 1.29 is 0 Å². The Bertz CT molecular complexity index is 578. The number of benzene rings is 1. The van der Waals surface area contributed by atoms with Crippen LogP contribution in [0.2, 0.25) is 0 Å². The van der Waals surface area contributed by atoms with Crippen LogP contribution in [0.1, 0.15) is 38.4 Å². The van der Waals surface area contributed by atoms with Gasteiger partial charge in [0.05, 0.1) is 5.52 Å². The smallest absolute Gasteiger partial charge is 0.0758 e. The second kappa shape index (κ2) is 6.38. The molecule has 102 valence electrons. The molecule has 3 heteroatoms. The summed E-state index contributed by atoms with van der Waals surface area (Å²) in [5.74, 6) is 0. The predicted octanol–water partition coefficient (Wildman–Crippen LogP) is 4.94. The van der Waals surface area contributed by atoms with E-state index in [2.05, 4.69) is 60.2 Å². The maximum absolute atomic E-state index is 4.81. The number of anilines is 1. The Morgan fingerprint density at radius 1 is 1.11 bits per heavy atom. The Morgan fingerprint density at radius 2 is 1.89 bits per heavy atom. The third kappa shape index (κ3) is 3.08. The molecule has 0 saturated heterocycles. The van der Waals surface area contributed by atoms with E-state index in [0.717, 1.165) is 41.5 Å². The zero-order chi connectivity index (χ0) is 13.8. The number of rotatable bonds is 5. The molecule has 0 fully saturated rings. The van der Waals surface area contributed by atoms with Crippen LogP contribution < -0.4 is 5.32 Å². The SMILES string of the molecule is CCCNc1cc(CC)nc2c(CC)cc(Br)cc12. The number of halogens is 1. The van der Waals surface area contributed by atoms with E-state index in [1.807, 2.05) is 0 Å². The highest BCUT2D eigenvalue weighted by Crippen LogP contribution is 2.30. The van der Waals surface area contributed by atoms with Gasteiger partial charge >= 0.3 is 0 Å². The van der Waals surface area contributed by atoms with E-state index in [9.17, 15) is 0 Å². The Kier molecular flexibility index (Phi) is 4.81. The van der Waals surface area contributed by atoms with Crippen LogP contribution in [-0.2, 0) is 12.8 Å². The molecule has 2 aromatic rings. The van der Waals surface area contributed by atoms with Gasteiger partial charge in [0.15, 0.2) is 0 Å². The van der Waals surface area contributed by atoms with Crippen LogP contribution in [0.5, 0.6) is 0 Å². The summed E-state index contributed by atoms with van der Waals surface area (Å²) >= 11 is 3.61. The summed E-state index contributed by atoms with van der Waals surface area (Å²) in [6, 6.07) is 6.53. The van der Waals surface area contributed by atoms with E-state index in [1.54, 1.807) is 0 Å². The van der Waals surface area contributed by atoms with Crippen LogP contribution in [0, 0.1) is 0 Å². The highest BCUT2D eigenvalue weighted by atomic mass is 79.9. The van der Waals surface area contributed by atoms with Gasteiger partial charge in [0.1, 0.15) is 0 Å². The van der Waals surface area contributed by atoms with Crippen molar-refractivity contribution in [2.24, 2.45) is 0 Å². The minimum absolute atomic E-state index is 0.968. The average molecular weight is 321 g/mol. The summed E-state index contributed by atoms with van der Waals surface area (Å²) in [5.41, 5.74) is 4.81. The van der Waals surface area contributed by atoms with Crippen LogP contribution in [0.3, 0.4) is 0 Å². The minimum atomic E-state index is 0.968. The van der Waals surface area contributed by atoms with E-state index >= 15 is 0 Å². The maximum Gasteiger partial charge on any atom is 0.0758 e. The van der Waals surface area contributed by atoms with Crippen molar-refractivity contribution in [2.75, 3.05) is 11.9 Å². The van der Waals surface area contributed by atoms with E-state index in [4.69, 9.17) is 4.98 Å². The zero-order valence-electron chi connectivity index (χ0n) is 11.9. The van der Waals surface area contributed by atoms with Gasteiger partial charge in [-0.3, -0.25) is 4.98 Å². The van der Waals surface area contributed by atoms with Gasteiger partial charge in [-0.1, -0.05) is 36.7 Å². The maximum atomic E-state index is 4.81. The molecule has 0 unspecified atom stereocenters. The second-order valence-electron chi connectivity index (χ2n) is 4.76. The van der Waals surface area contributed by atoms with Crippen molar-refractivity contribution >= 4 is 32.5 Å². The Balaban J connectivity index is 2.66. The molecule has 0 saturated carbocycles. The van der Waals surface area contributed by atoms with E-state index in [-0.39, 0.29) is 0 Å². The molecule has 0 amide bonds. The van der Waals surface area contributed by atoms with Gasteiger partial charge in [0.25, 0.3) is 0 Å². The monoisotopic (exact) mass is 320 g/mol. The third-order valence-corrected chi connectivity index (χ3v) is 3.78. The van der Waals surface area contributed by atoms with Crippen molar-refractivity contribution in [1.82, 2.24) is 4.98 Å². The molecule has 0 spiro atoms. The molecule has 0 aliphatic rings. The molecule has 1 N–H and O–H groups in total. The largest absolute Gasteiger partial charge is 0.384 e. The second-order valence-corrected chi connectivity index (χ2v) is 5.67. The molecule has 2 nitrogen and oxygen atoms in total. The molecule has 0 bridgehead atoms. The van der Waals surface area contributed by atoms with Crippen LogP contribution in [0.15, 0.2) is 22.7 Å². The lowest BCUT2D eigenvalue weighted by Gasteiger charge is -2.13. The van der Waals surface area contributed by atoms with Gasteiger partial charge in [0, 0.05) is 27.8 Å². The summed E-state index contributed by atoms with van der Waals surface area (Å²) in [4.78, 5) is 4.81. The normalized spacial score (nSPS) is 10.9. The van der Waals surface area contributed by atoms with E-state index in [0.29, 0.717) is 0 Å². The van der Waals surface area contributed by atoms with Gasteiger partial charge in [-0.2, -0.15) is 0 Å². The topological polar surface area (TPSA) is 24.9 Å². The number of hydrogen-bond donors (Lipinski definition) is 1. The molecule has 0 aliphatic carbocycles. The lowest BCUT2D eigenvalue weighted by Crippen LogP contribution is -2.03. The quantitative estimate of drug-likeness (QED) is 0.843. The molecule has 0 aliphatic heterocycles. The van der Waals surface area contributed by atoms with Gasteiger partial charge in [-0.05, 0) is 43.0 Å². The van der Waals surface area contributed by atoms with Crippen LogP contribution in [-0.4, -0.2) is 11.5 Å². The number of aryl methyl sites for hydroxylation is 2. The fourth-order valence-corrected chi connectivity index (χ4v) is 2.78. The first-order valence-corrected chi connectivity index (χ1v) is 7.84. The first-order valence-electron chi connectivity index (χ1n) is 7.05. The molecule has 1 aromatic carbocycles. The highest BCUT2D eigenvalue weighted by molar-refractivity contribution is 9.10.